The van der Waals surface area contributed by atoms with Crippen molar-refractivity contribution >= 4 is 46.8 Å². The fraction of sp³-hybridized carbons (Fsp3) is 0.500. The highest BCUT2D eigenvalue weighted by molar-refractivity contribution is 6.31. The summed E-state index contributed by atoms with van der Waals surface area (Å²) in [7, 11) is 0. The van der Waals surface area contributed by atoms with Crippen LogP contribution in [0.25, 0.3) is 0 Å². The maximum atomic E-state index is 13.8. The highest BCUT2D eigenvalue weighted by Gasteiger charge is 2.64. The number of nitrogens with zero attached hydrogens (tertiary/aromatic N) is 2. The minimum atomic E-state index is -0.961. The largest absolute Gasteiger partial charge is 0.494 e. The molecule has 3 aromatic rings. The molecule has 0 radical (unpaired) electrons. The summed E-state index contributed by atoms with van der Waals surface area (Å²) < 4.78 is 17.8. The molecule has 5 rings (SSSR count). The SMILES string of the molecule is CC(C)(C)C(NC(=O)COCCCCOc1ccc(C(=O)NC2C(C)(C)C(Oc3ccc(C#N)c(Cl)c3)C2(C)C)cc1)C(=O)N1C[C@H](O)C[C@H]1C(=O)NCc1ccc(Cl)cc1. The average Bonchev–Trinajstić information content (AvgIpc) is 3.61. The number of aliphatic hydroxyl groups excluding tert-OH is 1. The van der Waals surface area contributed by atoms with Crippen molar-refractivity contribution in [3.05, 3.63) is 93.5 Å². The van der Waals surface area contributed by atoms with Gasteiger partial charge in [0.2, 0.25) is 17.7 Å². The molecule has 0 bridgehead atoms. The first-order valence-electron chi connectivity index (χ1n) is 20.5. The third kappa shape index (κ3) is 11.7. The van der Waals surface area contributed by atoms with Crippen LogP contribution >= 0.6 is 23.2 Å². The van der Waals surface area contributed by atoms with Gasteiger partial charge in [0.1, 0.15) is 42.4 Å². The Bertz CT molecular complexity index is 2060. The van der Waals surface area contributed by atoms with Crippen LogP contribution in [0.2, 0.25) is 10.0 Å². The summed E-state index contributed by atoms with van der Waals surface area (Å²) in [6.07, 6.45) is 0.263. The molecule has 1 saturated heterocycles. The molecular weight excluding hydrogens is 821 g/mol. The summed E-state index contributed by atoms with van der Waals surface area (Å²) >= 11 is 12.2. The van der Waals surface area contributed by atoms with E-state index in [1.165, 1.54) is 4.90 Å². The Morgan fingerprint density at radius 2 is 1.57 bits per heavy atom. The predicted octanol–water partition coefficient (Wildman–Crippen LogP) is 6.46. The van der Waals surface area contributed by atoms with Gasteiger partial charge in [0.15, 0.2) is 0 Å². The zero-order valence-corrected chi connectivity index (χ0v) is 37.4. The third-order valence-electron chi connectivity index (χ3n) is 11.4. The molecule has 1 saturated carbocycles. The second-order valence-corrected chi connectivity index (χ2v) is 18.9. The molecule has 3 aromatic carbocycles. The van der Waals surface area contributed by atoms with Gasteiger partial charge >= 0.3 is 0 Å². The Balaban J connectivity index is 1.01. The number of amides is 4. The fourth-order valence-corrected chi connectivity index (χ4v) is 8.74. The Labute approximate surface area is 368 Å². The quantitative estimate of drug-likeness (QED) is 0.111. The molecule has 0 aromatic heterocycles. The predicted molar refractivity (Wildman–Crippen MR) is 232 cm³/mol. The topological polar surface area (TPSA) is 179 Å². The third-order valence-corrected chi connectivity index (χ3v) is 12.0. The minimum absolute atomic E-state index is 0.0210. The molecule has 0 spiro atoms. The highest BCUT2D eigenvalue weighted by atomic mass is 35.5. The van der Waals surface area contributed by atoms with Crippen molar-refractivity contribution in [2.75, 3.05) is 26.4 Å². The van der Waals surface area contributed by atoms with Crippen molar-refractivity contribution in [1.29, 1.82) is 5.26 Å². The average molecular weight is 879 g/mol. The molecular formula is C46H57Cl2N5O8. The van der Waals surface area contributed by atoms with E-state index in [9.17, 15) is 29.5 Å². The number of rotatable bonds is 17. The number of aliphatic hydroxyl groups is 1. The number of hydrogen-bond donors (Lipinski definition) is 4. The van der Waals surface area contributed by atoms with Gasteiger partial charge in [-0.3, -0.25) is 19.2 Å². The summed E-state index contributed by atoms with van der Waals surface area (Å²) in [5.41, 5.74) is 0.226. The van der Waals surface area contributed by atoms with Gasteiger partial charge in [-0.05, 0) is 72.4 Å². The molecule has 1 aliphatic heterocycles. The zero-order chi connectivity index (χ0) is 44.7. The number of β-amino-alcohol motifs (C(OH)–C–C–N with tert-alkyl or cyclic N) is 1. The van der Waals surface area contributed by atoms with Crippen LogP contribution < -0.4 is 25.4 Å². The van der Waals surface area contributed by atoms with E-state index < -0.39 is 46.2 Å². The normalized spacial score (nSPS) is 20.7. The van der Waals surface area contributed by atoms with E-state index in [1.54, 1.807) is 66.7 Å². The summed E-state index contributed by atoms with van der Waals surface area (Å²) in [6, 6.07) is 19.0. The number of benzene rings is 3. The van der Waals surface area contributed by atoms with Crippen LogP contribution in [0.15, 0.2) is 66.7 Å². The van der Waals surface area contributed by atoms with Gasteiger partial charge in [0, 0.05) is 59.6 Å². The number of ether oxygens (including phenoxy) is 3. The molecule has 15 heteroatoms. The number of nitrogens with one attached hydrogen (secondary N) is 3. The van der Waals surface area contributed by atoms with Crippen LogP contribution in [-0.4, -0.2) is 90.3 Å². The van der Waals surface area contributed by atoms with Crippen molar-refractivity contribution < 1.29 is 38.5 Å². The van der Waals surface area contributed by atoms with Crippen LogP contribution in [0.3, 0.4) is 0 Å². The number of halogens is 2. The molecule has 3 atom stereocenters. The molecule has 4 N–H and O–H groups in total. The van der Waals surface area contributed by atoms with Crippen LogP contribution in [0, 0.1) is 27.6 Å². The summed E-state index contributed by atoms with van der Waals surface area (Å²) in [5.74, 6) is -0.336. The number of hydrogen-bond acceptors (Lipinski definition) is 9. The Morgan fingerprint density at radius 3 is 2.20 bits per heavy atom. The molecule has 1 heterocycles. The molecule has 61 heavy (non-hydrogen) atoms. The maximum Gasteiger partial charge on any atom is 0.251 e. The fourth-order valence-electron chi connectivity index (χ4n) is 8.41. The van der Waals surface area contributed by atoms with Gasteiger partial charge in [0.25, 0.3) is 5.91 Å². The van der Waals surface area contributed by atoms with Gasteiger partial charge in [0.05, 0.1) is 23.3 Å². The molecule has 2 aliphatic rings. The molecule has 328 valence electrons. The minimum Gasteiger partial charge on any atom is -0.494 e. The van der Waals surface area contributed by atoms with Crippen molar-refractivity contribution in [2.45, 2.75) is 105 Å². The van der Waals surface area contributed by atoms with E-state index in [-0.39, 0.29) is 50.1 Å². The Morgan fingerprint density at radius 1 is 0.934 bits per heavy atom. The smallest absolute Gasteiger partial charge is 0.251 e. The molecule has 4 amide bonds. The first kappa shape index (κ1) is 47.2. The van der Waals surface area contributed by atoms with Crippen molar-refractivity contribution in [2.24, 2.45) is 16.2 Å². The van der Waals surface area contributed by atoms with E-state index in [4.69, 9.17) is 37.4 Å². The standard InChI is InChI=1S/C46H57Cl2N5O8/c1-44(2,3)38(41(58)53-26-32(54)22-36(53)40(57)50-25-28-10-15-31(47)16-11-28)51-37(55)27-59-20-8-9-21-60-33-17-12-29(13-18-33)39(56)52-42-45(4,5)43(46(42,6)7)61-34-19-14-30(24-49)35(48)23-34/h10-19,23,32,36,38,42-43,54H,8-9,20-22,25-27H2,1-7H3,(H,50,57)(H,51,55)(H,52,56)/t32-,36+,38?,42?,43?/m1/s1. The van der Waals surface area contributed by atoms with Crippen molar-refractivity contribution in [1.82, 2.24) is 20.9 Å². The summed E-state index contributed by atoms with van der Waals surface area (Å²) in [6.45, 7) is 14.3. The lowest BCUT2D eigenvalue weighted by atomic mass is 9.49. The lowest BCUT2D eigenvalue weighted by molar-refractivity contribution is -0.164. The number of carbonyl (C=O) groups excluding carboxylic acids is 4. The van der Waals surface area contributed by atoms with E-state index in [1.807, 2.05) is 20.8 Å². The van der Waals surface area contributed by atoms with Gasteiger partial charge in [-0.1, -0.05) is 83.8 Å². The molecule has 1 aliphatic carbocycles. The van der Waals surface area contributed by atoms with Gasteiger partial charge < -0.3 is 40.2 Å². The molecule has 1 unspecified atom stereocenters. The van der Waals surface area contributed by atoms with E-state index in [2.05, 4.69) is 49.7 Å². The van der Waals surface area contributed by atoms with Gasteiger partial charge in [-0.2, -0.15) is 5.26 Å². The van der Waals surface area contributed by atoms with Gasteiger partial charge in [-0.25, -0.2) is 0 Å². The lowest BCUT2D eigenvalue weighted by Gasteiger charge is -2.63. The Kier molecular flexibility index (Phi) is 15.4. The lowest BCUT2D eigenvalue weighted by Crippen LogP contribution is -2.74. The summed E-state index contributed by atoms with van der Waals surface area (Å²) in [4.78, 5) is 54.6. The number of unbranched alkanes of at least 4 members (excludes halogenated alkanes) is 1. The van der Waals surface area contributed by atoms with Crippen LogP contribution in [0.1, 0.15) is 89.2 Å². The summed E-state index contributed by atoms with van der Waals surface area (Å²) in [5, 5.41) is 29.4. The zero-order valence-electron chi connectivity index (χ0n) is 35.8. The van der Waals surface area contributed by atoms with Crippen LogP contribution in [-0.2, 0) is 25.7 Å². The van der Waals surface area contributed by atoms with E-state index in [0.29, 0.717) is 58.7 Å². The maximum absolute atomic E-state index is 13.8. The van der Waals surface area contributed by atoms with Gasteiger partial charge in [-0.15, -0.1) is 0 Å². The number of carbonyl (C=O) groups is 4. The van der Waals surface area contributed by atoms with Crippen molar-refractivity contribution in [3.63, 3.8) is 0 Å². The van der Waals surface area contributed by atoms with Crippen LogP contribution in [0.5, 0.6) is 11.5 Å². The second-order valence-electron chi connectivity index (χ2n) is 18.0. The number of nitriles is 1. The monoisotopic (exact) mass is 877 g/mol. The van der Waals surface area contributed by atoms with E-state index in [0.717, 1.165) is 5.56 Å². The molecule has 13 nitrogen and oxygen atoms in total. The highest BCUT2D eigenvalue weighted by Crippen LogP contribution is 2.55. The van der Waals surface area contributed by atoms with Crippen LogP contribution in [0.4, 0.5) is 0 Å². The molecule has 2 fully saturated rings. The first-order chi connectivity index (χ1) is 28.7. The second kappa shape index (κ2) is 19.9. The van der Waals surface area contributed by atoms with E-state index >= 15 is 0 Å². The van der Waals surface area contributed by atoms with Crippen molar-refractivity contribution in [3.8, 4) is 17.6 Å². The Hall–Kier alpha value is -4.87. The number of likely N-dealkylation sites (tertiary alicyclic amines) is 1. The first-order valence-corrected chi connectivity index (χ1v) is 21.3.